The van der Waals surface area contributed by atoms with Crippen molar-refractivity contribution in [1.29, 1.82) is 0 Å². The van der Waals surface area contributed by atoms with E-state index in [0.717, 1.165) is 16.3 Å². The van der Waals surface area contributed by atoms with Crippen LogP contribution in [0.4, 0.5) is 5.13 Å². The van der Waals surface area contributed by atoms with Crippen LogP contribution in [0.3, 0.4) is 0 Å². The van der Waals surface area contributed by atoms with Gasteiger partial charge in [0.15, 0.2) is 15.8 Å². The summed E-state index contributed by atoms with van der Waals surface area (Å²) in [5.74, 6) is 0.0261. The number of Topliss-reactive ketones (excluding diaryl/α,β-unsaturated/α-hetero) is 1. The van der Waals surface area contributed by atoms with Crippen molar-refractivity contribution in [2.45, 2.75) is 16.1 Å². The minimum absolute atomic E-state index is 0.0860. The molecule has 1 atom stereocenters. The minimum Gasteiger partial charge on any atom is -0.507 e. The van der Waals surface area contributed by atoms with Crippen molar-refractivity contribution in [2.24, 2.45) is 0 Å². The van der Waals surface area contributed by atoms with Crippen molar-refractivity contribution in [3.8, 4) is 17.2 Å². The summed E-state index contributed by atoms with van der Waals surface area (Å²) in [5, 5.41) is 22.8. The lowest BCUT2D eigenvalue weighted by Crippen LogP contribution is -2.29. The summed E-state index contributed by atoms with van der Waals surface area (Å²) in [4.78, 5) is 28.7. The van der Waals surface area contributed by atoms with E-state index in [9.17, 15) is 14.7 Å². The Kier molecular flexibility index (Phi) is 9.04. The fourth-order valence-electron chi connectivity index (χ4n) is 5.30. The number of hydrogen-bond acceptors (Lipinski definition) is 10. The van der Waals surface area contributed by atoms with E-state index in [2.05, 4.69) is 41.0 Å². The number of carbonyl (C=O) groups is 2. The highest BCUT2D eigenvalue weighted by Gasteiger charge is 2.48. The van der Waals surface area contributed by atoms with Crippen LogP contribution in [0.1, 0.15) is 22.7 Å². The quantitative estimate of drug-likeness (QED) is 0.0396. The second kappa shape index (κ2) is 13.5. The van der Waals surface area contributed by atoms with E-state index in [1.54, 1.807) is 48.5 Å². The van der Waals surface area contributed by atoms with E-state index < -0.39 is 17.7 Å². The Hall–Kier alpha value is -5.13. The van der Waals surface area contributed by atoms with Gasteiger partial charge in [-0.15, -0.1) is 10.2 Å². The molecular weight excluding hydrogens is 623 g/mol. The topological polar surface area (TPSA) is 111 Å². The zero-order valence-corrected chi connectivity index (χ0v) is 26.6. The number of methoxy groups -OCH3 is 2. The molecule has 5 aromatic rings. The number of amides is 1. The van der Waals surface area contributed by atoms with Gasteiger partial charge in [0.2, 0.25) is 5.13 Å². The maximum absolute atomic E-state index is 13.7. The molecule has 11 heteroatoms. The Labute approximate surface area is 273 Å². The molecule has 0 radical (unpaired) electrons. The van der Waals surface area contributed by atoms with Crippen LogP contribution < -0.4 is 19.1 Å². The second-order valence-electron chi connectivity index (χ2n) is 10.2. The van der Waals surface area contributed by atoms with E-state index >= 15 is 0 Å². The predicted molar refractivity (Wildman–Crippen MR) is 180 cm³/mol. The average Bonchev–Trinajstić information content (AvgIpc) is 3.67. The SMILES string of the molecule is C=CCOc1ccc([C@H]2C(=C(O)c3ccc(OC)c(OC)c3)C(=O)C(=O)N2c2nnc(SCc3cccc4ccccc34)s2)cc1. The van der Waals surface area contributed by atoms with Crippen LogP contribution in [0.5, 0.6) is 17.2 Å². The lowest BCUT2D eigenvalue weighted by Gasteiger charge is -2.23. The first-order valence-corrected chi connectivity index (χ1v) is 16.0. The van der Waals surface area contributed by atoms with Gasteiger partial charge in [0.05, 0.1) is 25.8 Å². The molecule has 0 aliphatic carbocycles. The van der Waals surface area contributed by atoms with Crippen LogP contribution in [0, 0.1) is 0 Å². The maximum Gasteiger partial charge on any atom is 0.301 e. The highest BCUT2D eigenvalue weighted by Crippen LogP contribution is 2.45. The van der Waals surface area contributed by atoms with Gasteiger partial charge in [-0.05, 0) is 52.2 Å². The monoisotopic (exact) mass is 651 g/mol. The highest BCUT2D eigenvalue weighted by atomic mass is 32.2. The number of rotatable bonds is 11. The molecule has 1 aliphatic rings. The van der Waals surface area contributed by atoms with Crippen molar-refractivity contribution >= 4 is 56.5 Å². The largest absolute Gasteiger partial charge is 0.507 e. The molecule has 0 unspecified atom stereocenters. The third-order valence-corrected chi connectivity index (χ3v) is 9.60. The Morgan fingerprint density at radius 2 is 1.74 bits per heavy atom. The molecule has 2 heterocycles. The number of carbonyl (C=O) groups excluding carboxylic acids is 2. The first-order chi connectivity index (χ1) is 22.4. The third-order valence-electron chi connectivity index (χ3n) is 7.50. The molecule has 0 bridgehead atoms. The molecule has 1 aliphatic heterocycles. The zero-order chi connectivity index (χ0) is 32.2. The average molecular weight is 652 g/mol. The third kappa shape index (κ3) is 5.94. The first-order valence-electron chi connectivity index (χ1n) is 14.2. The van der Waals surface area contributed by atoms with Crippen LogP contribution in [-0.2, 0) is 15.3 Å². The van der Waals surface area contributed by atoms with E-state index in [-0.39, 0.29) is 22.0 Å². The number of aliphatic hydroxyl groups is 1. The molecule has 46 heavy (non-hydrogen) atoms. The number of hydrogen-bond donors (Lipinski definition) is 1. The van der Waals surface area contributed by atoms with Gasteiger partial charge >= 0.3 is 5.91 Å². The zero-order valence-electron chi connectivity index (χ0n) is 25.0. The molecular formula is C35H29N3O6S2. The first kappa shape index (κ1) is 30.9. The van der Waals surface area contributed by atoms with Gasteiger partial charge in [-0.3, -0.25) is 14.5 Å². The molecule has 1 amide bonds. The Balaban J connectivity index is 1.38. The lowest BCUT2D eigenvalue weighted by molar-refractivity contribution is -0.132. The van der Waals surface area contributed by atoms with Gasteiger partial charge in [-0.1, -0.05) is 90.4 Å². The number of aliphatic hydroxyl groups excluding tert-OH is 1. The normalized spacial score (nSPS) is 15.7. The molecule has 1 N–H and O–H groups in total. The van der Waals surface area contributed by atoms with Crippen LogP contribution >= 0.6 is 23.1 Å². The van der Waals surface area contributed by atoms with Crippen molar-refractivity contribution in [3.05, 3.63) is 120 Å². The van der Waals surface area contributed by atoms with E-state index in [4.69, 9.17) is 14.2 Å². The molecule has 6 rings (SSSR count). The number of aromatic nitrogens is 2. The molecule has 4 aromatic carbocycles. The Morgan fingerprint density at radius 3 is 2.50 bits per heavy atom. The fourth-order valence-corrected chi connectivity index (χ4v) is 7.17. The number of fused-ring (bicyclic) bond motifs is 1. The summed E-state index contributed by atoms with van der Waals surface area (Å²) in [6.07, 6.45) is 1.64. The summed E-state index contributed by atoms with van der Waals surface area (Å²) in [5.41, 5.74) is 1.92. The minimum atomic E-state index is -0.981. The Morgan fingerprint density at radius 1 is 0.978 bits per heavy atom. The number of ketones is 1. The van der Waals surface area contributed by atoms with Gasteiger partial charge in [-0.2, -0.15) is 0 Å². The van der Waals surface area contributed by atoms with Gasteiger partial charge in [0.1, 0.15) is 18.1 Å². The lowest BCUT2D eigenvalue weighted by atomic mass is 9.95. The number of ether oxygens (including phenoxy) is 3. The molecule has 1 saturated heterocycles. The van der Waals surface area contributed by atoms with Crippen LogP contribution in [-0.4, -0.2) is 47.8 Å². The van der Waals surface area contributed by atoms with Crippen molar-refractivity contribution < 1.29 is 28.9 Å². The van der Waals surface area contributed by atoms with Gasteiger partial charge < -0.3 is 19.3 Å². The highest BCUT2D eigenvalue weighted by molar-refractivity contribution is 8.00. The van der Waals surface area contributed by atoms with Gasteiger partial charge in [-0.25, -0.2) is 0 Å². The molecule has 232 valence electrons. The van der Waals surface area contributed by atoms with Gasteiger partial charge in [0, 0.05) is 11.3 Å². The smallest absolute Gasteiger partial charge is 0.301 e. The van der Waals surface area contributed by atoms with Gasteiger partial charge in [0.25, 0.3) is 5.78 Å². The van der Waals surface area contributed by atoms with Crippen molar-refractivity contribution in [2.75, 3.05) is 25.7 Å². The number of benzene rings is 4. The van der Waals surface area contributed by atoms with E-state index in [1.165, 1.54) is 42.2 Å². The number of anilines is 1. The molecule has 0 saturated carbocycles. The number of thioether (sulfide) groups is 1. The van der Waals surface area contributed by atoms with Crippen molar-refractivity contribution in [3.63, 3.8) is 0 Å². The molecule has 1 aromatic heterocycles. The summed E-state index contributed by atoms with van der Waals surface area (Å²) < 4.78 is 17.0. The van der Waals surface area contributed by atoms with E-state index in [1.807, 2.05) is 18.2 Å². The number of nitrogens with zero attached hydrogens (tertiary/aromatic N) is 3. The van der Waals surface area contributed by atoms with Crippen LogP contribution in [0.15, 0.2) is 107 Å². The van der Waals surface area contributed by atoms with Crippen molar-refractivity contribution in [1.82, 2.24) is 10.2 Å². The summed E-state index contributed by atoms with van der Waals surface area (Å²) in [7, 11) is 2.98. The molecule has 0 spiro atoms. The summed E-state index contributed by atoms with van der Waals surface area (Å²) >= 11 is 2.71. The molecule has 9 nitrogen and oxygen atoms in total. The van der Waals surface area contributed by atoms with E-state index in [0.29, 0.717) is 39.5 Å². The fraction of sp³-hybridized carbons (Fsp3) is 0.143. The Bertz CT molecular complexity index is 1970. The summed E-state index contributed by atoms with van der Waals surface area (Å²) in [6.45, 7) is 3.99. The predicted octanol–water partition coefficient (Wildman–Crippen LogP) is 7.19. The van der Waals surface area contributed by atoms with Crippen LogP contribution in [0.2, 0.25) is 0 Å². The maximum atomic E-state index is 13.7. The molecule has 1 fully saturated rings. The van der Waals surface area contributed by atoms with Crippen LogP contribution in [0.25, 0.3) is 16.5 Å². The standard InChI is InChI=1S/C35H29N3O6S2/c1-4-18-44-25-15-12-22(13-16-25)30-29(31(39)23-14-17-27(42-2)28(19-23)43-3)32(40)33(41)38(30)34-36-37-35(46-34)45-20-24-10-7-9-21-8-5-6-11-26(21)24/h4-17,19,30,39H,1,18,20H2,2-3H3/t30-/m0/s1. The summed E-state index contributed by atoms with van der Waals surface area (Å²) in [6, 6.07) is 25.1. The second-order valence-corrected chi connectivity index (χ2v) is 12.4.